The minimum Gasteiger partial charge on any atom is -0.380 e. The number of aryl methyl sites for hydroxylation is 2. The molecule has 0 aliphatic heterocycles. The van der Waals surface area contributed by atoms with Gasteiger partial charge in [0.25, 0.3) is 0 Å². The monoisotopic (exact) mass is 299 g/mol. The Balaban J connectivity index is 2.34. The van der Waals surface area contributed by atoms with Gasteiger partial charge in [0.05, 0.1) is 13.2 Å². The normalized spacial score (nSPS) is 10.8. The lowest BCUT2D eigenvalue weighted by atomic mass is 10.0. The highest BCUT2D eigenvalue weighted by Gasteiger charge is 2.02. The summed E-state index contributed by atoms with van der Waals surface area (Å²) in [6.45, 7) is 9.92. The molecule has 1 rings (SSSR count). The fourth-order valence-corrected chi connectivity index (χ4v) is 2.17. The number of rotatable bonds is 7. The molecule has 96 valence electrons. The average Bonchev–Trinajstić information content (AvgIpc) is 2.30. The number of hydrogen-bond donors (Lipinski definition) is 1. The van der Waals surface area contributed by atoms with E-state index in [4.69, 9.17) is 4.74 Å². The third-order valence-corrected chi connectivity index (χ3v) is 3.66. The van der Waals surface area contributed by atoms with Gasteiger partial charge in [-0.05, 0) is 49.6 Å². The van der Waals surface area contributed by atoms with E-state index in [-0.39, 0.29) is 0 Å². The molecule has 17 heavy (non-hydrogen) atoms. The number of ether oxygens (including phenoxy) is 1. The zero-order valence-corrected chi connectivity index (χ0v) is 12.6. The van der Waals surface area contributed by atoms with Gasteiger partial charge in [0.1, 0.15) is 0 Å². The maximum Gasteiger partial charge on any atom is 0.0591 e. The van der Waals surface area contributed by atoms with Gasteiger partial charge >= 0.3 is 0 Å². The number of halogens is 1. The van der Waals surface area contributed by atoms with E-state index >= 15 is 0 Å². The Morgan fingerprint density at radius 1 is 1.18 bits per heavy atom. The molecular formula is C14H22BrNO. The van der Waals surface area contributed by atoms with Gasteiger partial charge in [-0.3, -0.25) is 0 Å². The van der Waals surface area contributed by atoms with Gasteiger partial charge in [-0.25, -0.2) is 0 Å². The predicted octanol–water partition coefficient (Wildman–Crippen LogP) is 3.23. The summed E-state index contributed by atoms with van der Waals surface area (Å²) in [6, 6.07) is 4.43. The van der Waals surface area contributed by atoms with Crippen LogP contribution in [0, 0.1) is 13.8 Å². The van der Waals surface area contributed by atoms with Crippen molar-refractivity contribution in [2.75, 3.05) is 26.3 Å². The highest BCUT2D eigenvalue weighted by molar-refractivity contribution is 9.10. The van der Waals surface area contributed by atoms with Crippen LogP contribution < -0.4 is 5.32 Å². The van der Waals surface area contributed by atoms with Crippen molar-refractivity contribution in [1.29, 1.82) is 0 Å². The van der Waals surface area contributed by atoms with Gasteiger partial charge in [0.2, 0.25) is 0 Å². The summed E-state index contributed by atoms with van der Waals surface area (Å²) < 4.78 is 6.78. The summed E-state index contributed by atoms with van der Waals surface area (Å²) >= 11 is 3.55. The van der Waals surface area contributed by atoms with Gasteiger partial charge in [-0.2, -0.15) is 0 Å². The van der Waals surface area contributed by atoms with E-state index < -0.39 is 0 Å². The third kappa shape index (κ3) is 5.19. The Bertz CT molecular complexity index is 352. The standard InChI is InChI=1S/C14H22BrNO/c1-4-16-6-8-17-7-5-13-9-12(3)14(15)10-11(13)2/h9-10,16H,4-8H2,1-3H3. The highest BCUT2D eigenvalue weighted by Crippen LogP contribution is 2.21. The van der Waals surface area contributed by atoms with Gasteiger partial charge in [-0.1, -0.05) is 28.9 Å². The molecular weight excluding hydrogens is 278 g/mol. The number of likely N-dealkylation sites (N-methyl/N-ethyl adjacent to an activating group) is 1. The Morgan fingerprint density at radius 2 is 1.94 bits per heavy atom. The summed E-state index contributed by atoms with van der Waals surface area (Å²) in [5, 5.41) is 3.24. The summed E-state index contributed by atoms with van der Waals surface area (Å²) in [5.41, 5.74) is 4.00. The first-order chi connectivity index (χ1) is 8.15. The Kier molecular flexibility index (Phi) is 6.78. The summed E-state index contributed by atoms with van der Waals surface area (Å²) in [6.07, 6.45) is 0.992. The summed E-state index contributed by atoms with van der Waals surface area (Å²) in [7, 11) is 0. The van der Waals surface area contributed by atoms with Crippen molar-refractivity contribution in [3.05, 3.63) is 33.3 Å². The highest BCUT2D eigenvalue weighted by atomic mass is 79.9. The molecule has 0 spiro atoms. The predicted molar refractivity (Wildman–Crippen MR) is 76.7 cm³/mol. The third-order valence-electron chi connectivity index (χ3n) is 2.81. The minimum atomic E-state index is 0.794. The van der Waals surface area contributed by atoms with Crippen LogP contribution in [0.5, 0.6) is 0 Å². The molecule has 0 aliphatic rings. The minimum absolute atomic E-state index is 0.794. The van der Waals surface area contributed by atoms with Crippen LogP contribution in [-0.4, -0.2) is 26.3 Å². The Hall–Kier alpha value is -0.380. The van der Waals surface area contributed by atoms with Crippen LogP contribution in [0.1, 0.15) is 23.6 Å². The Morgan fingerprint density at radius 3 is 2.65 bits per heavy atom. The molecule has 1 aromatic carbocycles. The molecule has 2 nitrogen and oxygen atoms in total. The molecule has 0 saturated carbocycles. The topological polar surface area (TPSA) is 21.3 Å². The fourth-order valence-electron chi connectivity index (χ4n) is 1.72. The van der Waals surface area contributed by atoms with Crippen LogP contribution in [0.4, 0.5) is 0 Å². The molecule has 1 aromatic rings. The second kappa shape index (κ2) is 7.85. The molecule has 1 N–H and O–H groups in total. The molecule has 0 fully saturated rings. The van der Waals surface area contributed by atoms with Gasteiger partial charge < -0.3 is 10.1 Å². The van der Waals surface area contributed by atoms with E-state index in [9.17, 15) is 0 Å². The summed E-state index contributed by atoms with van der Waals surface area (Å²) in [4.78, 5) is 0. The molecule has 0 unspecified atom stereocenters. The van der Waals surface area contributed by atoms with Crippen LogP contribution in [0.15, 0.2) is 16.6 Å². The smallest absolute Gasteiger partial charge is 0.0591 e. The molecule has 0 atom stereocenters. The first-order valence-electron chi connectivity index (χ1n) is 6.19. The summed E-state index contributed by atoms with van der Waals surface area (Å²) in [5.74, 6) is 0. The molecule has 0 aromatic heterocycles. The van der Waals surface area contributed by atoms with Crippen LogP contribution in [0.3, 0.4) is 0 Å². The van der Waals surface area contributed by atoms with Crippen molar-refractivity contribution in [3.63, 3.8) is 0 Å². The van der Waals surface area contributed by atoms with E-state index in [0.717, 1.165) is 32.7 Å². The number of nitrogens with one attached hydrogen (secondary N) is 1. The lowest BCUT2D eigenvalue weighted by molar-refractivity contribution is 0.139. The average molecular weight is 300 g/mol. The number of hydrogen-bond acceptors (Lipinski definition) is 2. The van der Waals surface area contributed by atoms with Crippen molar-refractivity contribution < 1.29 is 4.74 Å². The zero-order valence-electron chi connectivity index (χ0n) is 11.0. The van der Waals surface area contributed by atoms with Crippen molar-refractivity contribution >= 4 is 15.9 Å². The molecule has 0 radical (unpaired) electrons. The van der Waals surface area contributed by atoms with Crippen LogP contribution in [-0.2, 0) is 11.2 Å². The lowest BCUT2D eigenvalue weighted by Gasteiger charge is -2.09. The SMILES string of the molecule is CCNCCOCCc1cc(C)c(Br)cc1C. The Labute approximate surface area is 113 Å². The largest absolute Gasteiger partial charge is 0.380 e. The zero-order chi connectivity index (χ0) is 12.7. The van der Waals surface area contributed by atoms with E-state index in [1.54, 1.807) is 0 Å². The molecule has 0 heterocycles. The fraction of sp³-hybridized carbons (Fsp3) is 0.571. The van der Waals surface area contributed by atoms with Gasteiger partial charge in [0, 0.05) is 11.0 Å². The molecule has 0 aliphatic carbocycles. The molecule has 0 amide bonds. The second-order valence-corrected chi connectivity index (χ2v) is 5.10. The van der Waals surface area contributed by atoms with Gasteiger partial charge in [0.15, 0.2) is 0 Å². The van der Waals surface area contributed by atoms with Gasteiger partial charge in [-0.15, -0.1) is 0 Å². The first kappa shape index (κ1) is 14.7. The van der Waals surface area contributed by atoms with E-state index in [1.165, 1.54) is 21.2 Å². The van der Waals surface area contributed by atoms with Crippen molar-refractivity contribution in [1.82, 2.24) is 5.32 Å². The van der Waals surface area contributed by atoms with Crippen molar-refractivity contribution in [3.8, 4) is 0 Å². The quantitative estimate of drug-likeness (QED) is 0.781. The van der Waals surface area contributed by atoms with Crippen molar-refractivity contribution in [2.45, 2.75) is 27.2 Å². The van der Waals surface area contributed by atoms with Crippen molar-refractivity contribution in [2.24, 2.45) is 0 Å². The van der Waals surface area contributed by atoms with Crippen LogP contribution in [0.2, 0.25) is 0 Å². The second-order valence-electron chi connectivity index (χ2n) is 4.24. The van der Waals surface area contributed by atoms with Crippen LogP contribution >= 0.6 is 15.9 Å². The molecule has 0 saturated heterocycles. The van der Waals surface area contributed by atoms with E-state index in [2.05, 4.69) is 54.2 Å². The maximum atomic E-state index is 5.59. The van der Waals surface area contributed by atoms with E-state index in [1.807, 2.05) is 0 Å². The molecule has 0 bridgehead atoms. The maximum absolute atomic E-state index is 5.59. The number of benzene rings is 1. The van der Waals surface area contributed by atoms with Crippen LogP contribution in [0.25, 0.3) is 0 Å². The molecule has 3 heteroatoms. The van der Waals surface area contributed by atoms with E-state index in [0.29, 0.717) is 0 Å². The first-order valence-corrected chi connectivity index (χ1v) is 6.98. The lowest BCUT2D eigenvalue weighted by Crippen LogP contribution is -2.19.